The summed E-state index contributed by atoms with van der Waals surface area (Å²) in [5.74, 6) is -0.358. The van der Waals surface area contributed by atoms with Gasteiger partial charge in [-0.1, -0.05) is 30.3 Å². The van der Waals surface area contributed by atoms with Gasteiger partial charge in [0, 0.05) is 14.2 Å². The predicted molar refractivity (Wildman–Crippen MR) is 74.1 cm³/mol. The van der Waals surface area contributed by atoms with Crippen LogP contribution in [0.15, 0.2) is 30.3 Å². The molecule has 2 atom stereocenters. The summed E-state index contributed by atoms with van der Waals surface area (Å²) in [5.41, 5.74) is 0.126. The standard InChI is InChI=1S/C13H20NO4P/c1-10(12-8-6-5-7-9-12)14-13(15)11(2)19(16,17-3)18-4/h5-11H,1-4H3,(H,14,15)/t10-,11?/m0/s1. The Kier molecular flexibility index (Phi) is 5.73. The molecule has 0 heterocycles. The van der Waals surface area contributed by atoms with Crippen LogP contribution in [0.4, 0.5) is 0 Å². The number of benzene rings is 1. The fraction of sp³-hybridized carbons (Fsp3) is 0.462. The van der Waals surface area contributed by atoms with Crippen LogP contribution >= 0.6 is 7.60 Å². The topological polar surface area (TPSA) is 64.6 Å². The van der Waals surface area contributed by atoms with Gasteiger partial charge in [-0.05, 0) is 19.4 Å². The Bertz CT molecular complexity index is 455. The summed E-state index contributed by atoms with van der Waals surface area (Å²) in [6.45, 7) is 3.39. The van der Waals surface area contributed by atoms with E-state index >= 15 is 0 Å². The molecule has 0 bridgehead atoms. The molecular weight excluding hydrogens is 265 g/mol. The molecule has 0 spiro atoms. The van der Waals surface area contributed by atoms with Crippen molar-refractivity contribution in [1.82, 2.24) is 5.32 Å². The third-order valence-corrected chi connectivity index (χ3v) is 5.22. The number of carbonyl (C=O) groups excluding carboxylic acids is 1. The molecule has 0 aromatic heterocycles. The molecular formula is C13H20NO4P. The first-order chi connectivity index (χ1) is 8.94. The van der Waals surface area contributed by atoms with Gasteiger partial charge in [0.2, 0.25) is 5.91 Å². The summed E-state index contributed by atoms with van der Waals surface area (Å²) in [6, 6.07) is 9.38. The Balaban J connectivity index is 2.72. The van der Waals surface area contributed by atoms with Gasteiger partial charge in [0.25, 0.3) is 0 Å². The molecule has 1 N–H and O–H groups in total. The zero-order valence-corrected chi connectivity index (χ0v) is 12.5. The molecule has 0 aliphatic carbocycles. The Morgan fingerprint density at radius 1 is 1.16 bits per heavy atom. The molecule has 0 fully saturated rings. The van der Waals surface area contributed by atoms with Gasteiger partial charge in [-0.25, -0.2) is 0 Å². The lowest BCUT2D eigenvalue weighted by Gasteiger charge is -2.22. The van der Waals surface area contributed by atoms with Crippen LogP contribution in [0, 0.1) is 0 Å². The van der Waals surface area contributed by atoms with Crippen LogP contribution in [-0.2, 0) is 18.4 Å². The van der Waals surface area contributed by atoms with Gasteiger partial charge in [0.15, 0.2) is 0 Å². The molecule has 19 heavy (non-hydrogen) atoms. The third kappa shape index (κ3) is 3.90. The molecule has 1 aromatic rings. The lowest BCUT2D eigenvalue weighted by Crippen LogP contribution is -2.35. The minimum absolute atomic E-state index is 0.168. The van der Waals surface area contributed by atoms with Crippen LogP contribution in [-0.4, -0.2) is 25.8 Å². The van der Waals surface area contributed by atoms with Crippen molar-refractivity contribution in [3.05, 3.63) is 35.9 Å². The summed E-state index contributed by atoms with van der Waals surface area (Å²) in [4.78, 5) is 12.0. The quantitative estimate of drug-likeness (QED) is 0.816. The van der Waals surface area contributed by atoms with Crippen molar-refractivity contribution < 1.29 is 18.4 Å². The summed E-state index contributed by atoms with van der Waals surface area (Å²) < 4.78 is 21.8. The molecule has 0 aliphatic rings. The van der Waals surface area contributed by atoms with E-state index in [2.05, 4.69) is 5.32 Å². The molecule has 1 amide bonds. The van der Waals surface area contributed by atoms with Crippen molar-refractivity contribution in [3.63, 3.8) is 0 Å². The van der Waals surface area contributed by atoms with Gasteiger partial charge in [-0.3, -0.25) is 9.36 Å². The van der Waals surface area contributed by atoms with Gasteiger partial charge in [0.1, 0.15) is 5.66 Å². The minimum atomic E-state index is -3.39. The second kappa shape index (κ2) is 6.85. The highest BCUT2D eigenvalue weighted by atomic mass is 31.2. The van der Waals surface area contributed by atoms with Crippen LogP contribution in [0.5, 0.6) is 0 Å². The van der Waals surface area contributed by atoms with Crippen LogP contribution in [0.2, 0.25) is 0 Å². The average Bonchev–Trinajstić information content (AvgIpc) is 2.46. The number of hydrogen-bond donors (Lipinski definition) is 1. The summed E-state index contributed by atoms with van der Waals surface area (Å²) in [7, 11) is -0.843. The Morgan fingerprint density at radius 2 is 1.68 bits per heavy atom. The maximum atomic E-state index is 12.1. The number of carbonyl (C=O) groups is 1. The molecule has 6 heteroatoms. The second-order valence-corrected chi connectivity index (χ2v) is 6.81. The van der Waals surface area contributed by atoms with E-state index in [9.17, 15) is 9.36 Å². The number of amides is 1. The van der Waals surface area contributed by atoms with E-state index in [4.69, 9.17) is 9.05 Å². The molecule has 1 aromatic carbocycles. The van der Waals surface area contributed by atoms with E-state index < -0.39 is 13.3 Å². The van der Waals surface area contributed by atoms with Crippen molar-refractivity contribution >= 4 is 13.5 Å². The lowest BCUT2D eigenvalue weighted by atomic mass is 10.1. The van der Waals surface area contributed by atoms with Crippen molar-refractivity contribution in [2.45, 2.75) is 25.5 Å². The van der Waals surface area contributed by atoms with E-state index in [1.165, 1.54) is 21.1 Å². The minimum Gasteiger partial charge on any atom is -0.349 e. The molecule has 0 radical (unpaired) electrons. The first kappa shape index (κ1) is 15.9. The van der Waals surface area contributed by atoms with Gasteiger partial charge < -0.3 is 14.4 Å². The zero-order valence-electron chi connectivity index (χ0n) is 11.6. The predicted octanol–water partition coefficient (Wildman–Crippen LogP) is 2.74. The number of hydrogen-bond acceptors (Lipinski definition) is 4. The van der Waals surface area contributed by atoms with Crippen molar-refractivity contribution in [2.75, 3.05) is 14.2 Å². The Morgan fingerprint density at radius 3 is 2.16 bits per heavy atom. The number of nitrogens with one attached hydrogen (secondary N) is 1. The first-order valence-corrected chi connectivity index (χ1v) is 7.62. The van der Waals surface area contributed by atoms with E-state index in [1.54, 1.807) is 0 Å². The van der Waals surface area contributed by atoms with Crippen molar-refractivity contribution in [2.24, 2.45) is 0 Å². The highest BCUT2D eigenvalue weighted by Gasteiger charge is 2.36. The van der Waals surface area contributed by atoms with Gasteiger partial charge in [-0.2, -0.15) is 0 Å². The van der Waals surface area contributed by atoms with Crippen LogP contribution < -0.4 is 5.32 Å². The van der Waals surface area contributed by atoms with Crippen molar-refractivity contribution in [3.8, 4) is 0 Å². The van der Waals surface area contributed by atoms with E-state index in [0.717, 1.165) is 5.56 Å². The zero-order chi connectivity index (χ0) is 14.5. The SMILES string of the molecule is COP(=O)(OC)C(C)C(=O)N[C@@H](C)c1ccccc1. The Hall–Kier alpha value is -1.16. The van der Waals surface area contributed by atoms with E-state index in [1.807, 2.05) is 37.3 Å². The lowest BCUT2D eigenvalue weighted by molar-refractivity contribution is -0.121. The fourth-order valence-corrected chi connectivity index (χ4v) is 2.84. The van der Waals surface area contributed by atoms with Crippen LogP contribution in [0.25, 0.3) is 0 Å². The molecule has 0 saturated carbocycles. The average molecular weight is 285 g/mol. The third-order valence-electron chi connectivity index (χ3n) is 3.02. The molecule has 0 saturated heterocycles. The molecule has 106 valence electrons. The number of rotatable bonds is 6. The Labute approximate surface area is 113 Å². The van der Waals surface area contributed by atoms with E-state index in [0.29, 0.717) is 0 Å². The summed E-state index contributed by atoms with van der Waals surface area (Å²) >= 11 is 0. The smallest absolute Gasteiger partial charge is 0.342 e. The highest BCUT2D eigenvalue weighted by Crippen LogP contribution is 2.51. The monoisotopic (exact) mass is 285 g/mol. The summed E-state index contributed by atoms with van der Waals surface area (Å²) in [5, 5.41) is 2.80. The molecule has 5 nitrogen and oxygen atoms in total. The van der Waals surface area contributed by atoms with Gasteiger partial charge >= 0.3 is 7.60 Å². The highest BCUT2D eigenvalue weighted by molar-refractivity contribution is 7.55. The summed E-state index contributed by atoms with van der Waals surface area (Å²) in [6.07, 6.45) is 0. The van der Waals surface area contributed by atoms with E-state index in [-0.39, 0.29) is 11.9 Å². The van der Waals surface area contributed by atoms with Gasteiger partial charge in [0.05, 0.1) is 6.04 Å². The largest absolute Gasteiger partial charge is 0.349 e. The molecule has 1 rings (SSSR count). The normalized spacial score (nSPS) is 14.7. The first-order valence-electron chi connectivity index (χ1n) is 6.01. The van der Waals surface area contributed by atoms with Crippen LogP contribution in [0.3, 0.4) is 0 Å². The fourth-order valence-electron chi connectivity index (χ4n) is 1.69. The van der Waals surface area contributed by atoms with Gasteiger partial charge in [-0.15, -0.1) is 0 Å². The molecule has 0 aliphatic heterocycles. The van der Waals surface area contributed by atoms with Crippen molar-refractivity contribution in [1.29, 1.82) is 0 Å². The maximum Gasteiger partial charge on any atom is 0.342 e. The second-order valence-electron chi connectivity index (χ2n) is 4.22. The van der Waals surface area contributed by atoms with Crippen LogP contribution in [0.1, 0.15) is 25.5 Å². The molecule has 1 unspecified atom stereocenters. The maximum absolute atomic E-state index is 12.1.